The van der Waals surface area contributed by atoms with E-state index in [0.717, 1.165) is 80.7 Å². The molecule has 5 rings (SSSR count). The Kier molecular flexibility index (Phi) is 8.50. The maximum absolute atomic E-state index is 13.4. The number of fused-ring (bicyclic) bond motifs is 1. The molecule has 8 nitrogen and oxygen atoms in total. The topological polar surface area (TPSA) is 96.6 Å². The van der Waals surface area contributed by atoms with Gasteiger partial charge in [0.2, 0.25) is 5.91 Å². The number of carbonyl (C=O) groups excluding carboxylic acids is 1. The van der Waals surface area contributed by atoms with Crippen LogP contribution in [-0.4, -0.2) is 66.0 Å². The number of aryl methyl sites for hydroxylation is 1. The van der Waals surface area contributed by atoms with E-state index in [-0.39, 0.29) is 23.4 Å². The normalized spacial score (nSPS) is 20.9. The minimum atomic E-state index is -4.50. The molecule has 0 bridgehead atoms. The fourth-order valence-electron chi connectivity index (χ4n) is 6.21. The monoisotopic (exact) mass is 584 g/mol. The summed E-state index contributed by atoms with van der Waals surface area (Å²) in [5, 5.41) is 4.07. The highest BCUT2D eigenvalue weighted by Crippen LogP contribution is 2.43. The van der Waals surface area contributed by atoms with Crippen molar-refractivity contribution in [3.8, 4) is 5.75 Å². The molecule has 3 N–H and O–H groups in total. The Bertz CT molecular complexity index is 1450. The van der Waals surface area contributed by atoms with Gasteiger partial charge in [0.1, 0.15) is 17.4 Å². The van der Waals surface area contributed by atoms with E-state index >= 15 is 0 Å². The number of anilines is 2. The van der Waals surface area contributed by atoms with Crippen LogP contribution in [0.5, 0.6) is 5.75 Å². The number of piperazine rings is 1. The molecular formula is C31H39F3N6O2. The number of halogens is 3. The molecule has 1 aromatic heterocycles. The predicted molar refractivity (Wildman–Crippen MR) is 157 cm³/mol. The van der Waals surface area contributed by atoms with Crippen LogP contribution in [0.2, 0.25) is 0 Å². The number of methoxy groups -OCH3 is 1. The van der Waals surface area contributed by atoms with Crippen molar-refractivity contribution in [1.82, 2.24) is 19.8 Å². The van der Waals surface area contributed by atoms with Crippen LogP contribution < -0.4 is 15.8 Å². The van der Waals surface area contributed by atoms with Gasteiger partial charge in [0, 0.05) is 49.2 Å². The van der Waals surface area contributed by atoms with E-state index in [4.69, 9.17) is 10.5 Å². The lowest BCUT2D eigenvalue weighted by Crippen LogP contribution is -2.49. The summed E-state index contributed by atoms with van der Waals surface area (Å²) >= 11 is 0. The quantitative estimate of drug-likeness (QED) is 0.355. The largest absolute Gasteiger partial charge is 0.496 e. The number of likely N-dealkylation sites (N-methyl/N-ethyl adjacent to an activating group) is 1. The second-order valence-corrected chi connectivity index (χ2v) is 11.7. The number of rotatable bonds is 6. The summed E-state index contributed by atoms with van der Waals surface area (Å²) in [6, 6.07) is 7.02. The van der Waals surface area contributed by atoms with Gasteiger partial charge in [-0.3, -0.25) is 4.79 Å². The van der Waals surface area contributed by atoms with E-state index < -0.39 is 17.8 Å². The van der Waals surface area contributed by atoms with E-state index in [1.807, 2.05) is 17.0 Å². The van der Waals surface area contributed by atoms with Crippen molar-refractivity contribution >= 4 is 28.3 Å². The maximum Gasteiger partial charge on any atom is 0.416 e. The Morgan fingerprint density at radius 3 is 2.38 bits per heavy atom. The summed E-state index contributed by atoms with van der Waals surface area (Å²) in [4.78, 5) is 26.7. The molecule has 3 aromatic rings. The van der Waals surface area contributed by atoms with Gasteiger partial charge in [-0.2, -0.15) is 13.2 Å². The highest BCUT2D eigenvalue weighted by atomic mass is 19.4. The number of nitrogens with one attached hydrogen (secondary N) is 1. The van der Waals surface area contributed by atoms with Gasteiger partial charge < -0.3 is 25.6 Å². The first-order valence-corrected chi connectivity index (χ1v) is 14.5. The van der Waals surface area contributed by atoms with Crippen LogP contribution in [0.3, 0.4) is 0 Å². The van der Waals surface area contributed by atoms with E-state index in [1.165, 1.54) is 0 Å². The molecule has 2 aliphatic rings. The summed E-state index contributed by atoms with van der Waals surface area (Å²) in [5.41, 5.74) is 7.20. The molecule has 226 valence electrons. The first-order valence-electron chi connectivity index (χ1n) is 14.5. The Hall–Kier alpha value is -3.60. The molecule has 1 amide bonds. The third-order valence-electron chi connectivity index (χ3n) is 8.65. The van der Waals surface area contributed by atoms with Crippen molar-refractivity contribution in [2.24, 2.45) is 5.92 Å². The highest BCUT2D eigenvalue weighted by Gasteiger charge is 2.33. The zero-order valence-electron chi connectivity index (χ0n) is 24.6. The molecule has 1 saturated heterocycles. The predicted octanol–water partition coefficient (Wildman–Crippen LogP) is 5.77. The van der Waals surface area contributed by atoms with Crippen LogP contribution in [0.4, 0.5) is 24.7 Å². The molecule has 2 heterocycles. The standard InChI is InChI=1S/C31H39F3N6O2/c1-18(22-13-23(31(32,33)34)15-24(35)14-22)36-29-26-16-25(28(42-4)17-27(26)37-19(2)38-29)20-5-7-21(8-6-20)30(41)40-11-9-39(3)10-12-40/h13-18,20-21H,5-12,35H2,1-4H3,(H,36,37,38)/t18-,20?,21?/m1/s1. The highest BCUT2D eigenvalue weighted by molar-refractivity contribution is 5.91. The molecule has 1 aliphatic carbocycles. The summed E-state index contributed by atoms with van der Waals surface area (Å²) in [5.74, 6) is 2.31. The smallest absolute Gasteiger partial charge is 0.416 e. The van der Waals surface area contributed by atoms with Crippen LogP contribution in [-0.2, 0) is 11.0 Å². The van der Waals surface area contributed by atoms with Crippen molar-refractivity contribution in [2.75, 3.05) is 51.4 Å². The Labute approximate surface area is 244 Å². The minimum Gasteiger partial charge on any atom is -0.496 e. The fraction of sp³-hybridized carbons (Fsp3) is 0.516. The zero-order valence-corrected chi connectivity index (χ0v) is 24.6. The lowest BCUT2D eigenvalue weighted by molar-refractivity contribution is -0.138. The van der Waals surface area contributed by atoms with Gasteiger partial charge in [-0.25, -0.2) is 9.97 Å². The number of aromatic nitrogens is 2. The Balaban J connectivity index is 1.39. The molecule has 0 radical (unpaired) electrons. The van der Waals surface area contributed by atoms with Crippen LogP contribution >= 0.6 is 0 Å². The summed E-state index contributed by atoms with van der Waals surface area (Å²) in [6.07, 6.45) is -1.13. The molecule has 42 heavy (non-hydrogen) atoms. The average Bonchev–Trinajstić information content (AvgIpc) is 2.95. The number of nitrogens with two attached hydrogens (primary N) is 1. The lowest BCUT2D eigenvalue weighted by atomic mass is 9.77. The number of amides is 1. The van der Waals surface area contributed by atoms with Crippen LogP contribution in [0.15, 0.2) is 30.3 Å². The number of hydrogen-bond donors (Lipinski definition) is 2. The Morgan fingerprint density at radius 1 is 1.05 bits per heavy atom. The molecule has 1 atom stereocenters. The van der Waals surface area contributed by atoms with Gasteiger partial charge in [0.25, 0.3) is 0 Å². The van der Waals surface area contributed by atoms with Crippen LogP contribution in [0, 0.1) is 12.8 Å². The third-order valence-corrected chi connectivity index (χ3v) is 8.65. The first-order chi connectivity index (χ1) is 19.9. The fourth-order valence-corrected chi connectivity index (χ4v) is 6.21. The second kappa shape index (κ2) is 11.9. The zero-order chi connectivity index (χ0) is 30.2. The number of alkyl halides is 3. The van der Waals surface area contributed by atoms with Gasteiger partial charge >= 0.3 is 6.18 Å². The maximum atomic E-state index is 13.4. The molecule has 1 aliphatic heterocycles. The molecule has 1 saturated carbocycles. The average molecular weight is 585 g/mol. The number of carbonyl (C=O) groups is 1. The number of nitrogens with zero attached hydrogens (tertiary/aromatic N) is 4. The van der Waals surface area contributed by atoms with E-state index in [9.17, 15) is 18.0 Å². The van der Waals surface area contributed by atoms with E-state index in [0.29, 0.717) is 22.7 Å². The number of benzene rings is 2. The van der Waals surface area contributed by atoms with Gasteiger partial charge in [0.05, 0.1) is 24.2 Å². The van der Waals surface area contributed by atoms with Gasteiger partial charge in [0.15, 0.2) is 0 Å². The Morgan fingerprint density at radius 2 is 1.74 bits per heavy atom. The number of ether oxygens (including phenoxy) is 1. The third kappa shape index (κ3) is 6.40. The van der Waals surface area contributed by atoms with Crippen LogP contribution in [0.25, 0.3) is 10.9 Å². The molecule has 2 aromatic carbocycles. The van der Waals surface area contributed by atoms with E-state index in [2.05, 4.69) is 27.2 Å². The van der Waals surface area contributed by atoms with Crippen molar-refractivity contribution in [3.05, 3.63) is 52.8 Å². The van der Waals surface area contributed by atoms with Crippen LogP contribution in [0.1, 0.15) is 67.1 Å². The second-order valence-electron chi connectivity index (χ2n) is 11.7. The van der Waals surface area contributed by atoms with Crippen molar-refractivity contribution in [3.63, 3.8) is 0 Å². The van der Waals surface area contributed by atoms with E-state index in [1.54, 1.807) is 27.0 Å². The summed E-state index contributed by atoms with van der Waals surface area (Å²) in [7, 11) is 3.72. The molecule has 0 spiro atoms. The SMILES string of the molecule is COc1cc2nc(C)nc(N[C@H](C)c3cc(N)cc(C(F)(F)F)c3)c2cc1C1CCC(C(=O)N2CCN(C)CC2)CC1. The lowest BCUT2D eigenvalue weighted by Gasteiger charge is -2.37. The number of hydrogen-bond acceptors (Lipinski definition) is 7. The van der Waals surface area contributed by atoms with Gasteiger partial charge in [-0.15, -0.1) is 0 Å². The molecule has 0 unspecified atom stereocenters. The minimum absolute atomic E-state index is 0.0417. The first kappa shape index (κ1) is 29.9. The molecular weight excluding hydrogens is 545 g/mol. The molecule has 2 fully saturated rings. The molecule has 11 heteroatoms. The summed E-state index contributed by atoms with van der Waals surface area (Å²) < 4.78 is 46.1. The summed E-state index contributed by atoms with van der Waals surface area (Å²) in [6.45, 7) is 6.95. The van der Waals surface area contributed by atoms with Crippen molar-refractivity contribution in [2.45, 2.75) is 57.7 Å². The van der Waals surface area contributed by atoms with Crippen molar-refractivity contribution in [1.29, 1.82) is 0 Å². The van der Waals surface area contributed by atoms with Gasteiger partial charge in [-0.1, -0.05) is 0 Å². The number of nitrogen functional groups attached to an aromatic ring is 1. The van der Waals surface area contributed by atoms with Crippen molar-refractivity contribution < 1.29 is 22.7 Å². The van der Waals surface area contributed by atoms with Gasteiger partial charge in [-0.05, 0) is 87.9 Å².